The first-order valence-corrected chi connectivity index (χ1v) is 5.07. The molecule has 0 rings (SSSR count). The summed E-state index contributed by atoms with van der Waals surface area (Å²) in [5.74, 6) is 0. The third kappa shape index (κ3) is 668. The molecule has 0 atom stereocenters. The van der Waals surface area contributed by atoms with Crippen LogP contribution in [0.25, 0.3) is 0 Å². The number of hydrogen-bond acceptors (Lipinski definition) is 0. The summed E-state index contributed by atoms with van der Waals surface area (Å²) in [6, 6.07) is 0. The minimum absolute atomic E-state index is 0. The van der Waals surface area contributed by atoms with E-state index < -0.39 is 8.41 Å². The van der Waals surface area contributed by atoms with Gasteiger partial charge in [-0.05, 0) is 19.6 Å². The van der Waals surface area contributed by atoms with E-state index in [0.29, 0.717) is 0 Å². The Hall–Kier alpha value is 0.550. The van der Waals surface area contributed by atoms with Gasteiger partial charge in [0.1, 0.15) is 0 Å². The molecule has 0 aromatic carbocycles. The second-order valence-corrected chi connectivity index (χ2v) is 6.20. The second-order valence-electron chi connectivity index (χ2n) is 2.07. The molecule has 0 aromatic rings. The topological polar surface area (TPSA) is 0 Å². The Bertz CT molecular complexity index is 30.0. The van der Waals surface area contributed by atoms with E-state index in [0.717, 1.165) is 0 Å². The monoisotopic (exact) mass is 206 g/mol. The normalized spacial score (nSPS) is 7.50. The van der Waals surface area contributed by atoms with E-state index in [1.54, 1.807) is 19.6 Å². The molecule has 0 N–H and O–H groups in total. The molecule has 0 saturated heterocycles. The van der Waals surface area contributed by atoms with Crippen molar-refractivity contribution in [3.63, 3.8) is 0 Å². The Labute approximate surface area is 59.7 Å². The van der Waals surface area contributed by atoms with Gasteiger partial charge in [0.15, 0.2) is 0 Å². The van der Waals surface area contributed by atoms with Gasteiger partial charge in [0, 0.05) is 0 Å². The second kappa shape index (κ2) is 7.55. The van der Waals surface area contributed by atoms with E-state index in [9.17, 15) is 4.11 Å². The fourth-order valence-corrected chi connectivity index (χ4v) is 0. The van der Waals surface area contributed by atoms with Crippen LogP contribution in [-0.2, 0) is 0 Å². The molecule has 0 aliphatic heterocycles. The van der Waals surface area contributed by atoms with Crippen LogP contribution in [0.5, 0.6) is 0 Å². The molecule has 5 heteroatoms. The van der Waals surface area contributed by atoms with Crippen molar-refractivity contribution < 1.29 is 13.5 Å². The molecule has 0 spiro atoms. The molecule has 0 fully saturated rings. The van der Waals surface area contributed by atoms with E-state index in [2.05, 4.69) is 0 Å². The number of hydrogen-bond donors (Lipinski definition) is 0. The molecular weight excluding hydrogens is 194 g/mol. The molecule has 0 saturated carbocycles. The van der Waals surface area contributed by atoms with Crippen LogP contribution in [0, 0.1) is 0 Å². The molecule has 0 radical (unpaired) electrons. The van der Waals surface area contributed by atoms with Crippen LogP contribution in [0.2, 0.25) is 19.6 Å². The fourth-order valence-electron chi connectivity index (χ4n) is 0. The van der Waals surface area contributed by atoms with Gasteiger partial charge < -0.3 is 13.5 Å². The summed E-state index contributed by atoms with van der Waals surface area (Å²) in [6.45, 7) is 4.98. The first-order chi connectivity index (χ1) is 2.00. The maximum absolute atomic E-state index is 11.8. The Morgan fingerprint density at radius 1 is 1.00 bits per heavy atom. The van der Waals surface area contributed by atoms with Crippen molar-refractivity contribution in [3.8, 4) is 0 Å². The summed E-state index contributed by atoms with van der Waals surface area (Å²) in [5, 5.41) is 0. The van der Waals surface area contributed by atoms with Gasteiger partial charge >= 0.3 is 17.6 Å². The van der Waals surface area contributed by atoms with Gasteiger partial charge in [-0.15, -0.1) is 0 Å². The van der Waals surface area contributed by atoms with Gasteiger partial charge in [0.05, 0.1) is 0 Å². The van der Waals surface area contributed by atoms with Crippen LogP contribution < -0.4 is 9.41 Å². The maximum atomic E-state index is 11.8. The third-order valence-corrected chi connectivity index (χ3v) is 0. The molecule has 52 valence electrons. The zero-order chi connectivity index (χ0) is 4.50. The Morgan fingerprint density at radius 2 is 1.00 bits per heavy atom. The summed E-state index contributed by atoms with van der Waals surface area (Å²) in [7, 11) is -2.11. The summed E-state index contributed by atoms with van der Waals surface area (Å²) < 4.78 is 11.8. The summed E-state index contributed by atoms with van der Waals surface area (Å²) >= 11 is 0. The fraction of sp³-hybridized carbons (Fsp3) is 1.00. The molecule has 0 nitrogen and oxygen atoms in total. The van der Waals surface area contributed by atoms with Gasteiger partial charge in [0.2, 0.25) is 8.41 Å². The molecule has 0 bridgehead atoms. The Balaban J connectivity index is -0.0000000267. The van der Waals surface area contributed by atoms with Crippen molar-refractivity contribution in [1.82, 2.24) is 0 Å². The predicted octanol–water partition coefficient (Wildman–Crippen LogP) is -5.12. The van der Waals surface area contributed by atoms with Gasteiger partial charge in [-0.25, -0.2) is 0 Å². The molecule has 0 amide bonds. The van der Waals surface area contributed by atoms with E-state index in [4.69, 9.17) is 0 Å². The van der Waals surface area contributed by atoms with Gasteiger partial charge in [-0.1, -0.05) is 0 Å². The summed E-state index contributed by atoms with van der Waals surface area (Å²) in [6.07, 6.45) is 0. The quantitative estimate of drug-likeness (QED) is 0.274. The van der Waals surface area contributed by atoms with Crippen LogP contribution in [0.4, 0.5) is 4.11 Å². The van der Waals surface area contributed by atoms with Crippen LogP contribution in [-0.4, -0.2) is 26.0 Å². The van der Waals surface area contributed by atoms with Crippen LogP contribution in [0.15, 0.2) is 0 Å². The average Bonchev–Trinajstić information content (AvgIpc) is 0.722. The third-order valence-electron chi connectivity index (χ3n) is 0. The van der Waals surface area contributed by atoms with Crippen molar-refractivity contribution in [2.75, 3.05) is 0 Å². The van der Waals surface area contributed by atoms with Gasteiger partial charge in [-0.3, -0.25) is 0 Å². The molecule has 0 aromatic heterocycles. The first kappa shape index (κ1) is 23.5. The molecule has 0 aliphatic rings. The summed E-state index contributed by atoms with van der Waals surface area (Å²) in [4.78, 5) is 0. The SMILES string of the molecule is C[Si](C)(C)F.[F-].[F-].[GeH2+2]. The standard InChI is InChI=1S/C3H9FSi.2FH.GeH2/c1-5(2,3)4;;;/h1-3H3;2*1H;1H2/q;;;+2/p-2. The zero-order valence-electron chi connectivity index (χ0n) is 5.34. The van der Waals surface area contributed by atoms with E-state index in [-0.39, 0.29) is 27.0 Å². The van der Waals surface area contributed by atoms with Crippen LogP contribution in [0.1, 0.15) is 0 Å². The predicted molar refractivity (Wildman–Crippen MR) is 33.0 cm³/mol. The van der Waals surface area contributed by atoms with Crippen molar-refractivity contribution in [3.05, 3.63) is 0 Å². The van der Waals surface area contributed by atoms with Crippen molar-refractivity contribution in [1.29, 1.82) is 0 Å². The van der Waals surface area contributed by atoms with Crippen LogP contribution >= 0.6 is 0 Å². The molecular formula is C3H11F3GeSi. The number of halogens is 3. The Kier molecular flexibility index (Phi) is 22.2. The Morgan fingerprint density at radius 3 is 1.00 bits per heavy atom. The molecule has 0 aliphatic carbocycles. The van der Waals surface area contributed by atoms with Gasteiger partial charge in [-0.2, -0.15) is 0 Å². The minimum atomic E-state index is -2.11. The van der Waals surface area contributed by atoms with E-state index >= 15 is 0 Å². The number of rotatable bonds is 0. The van der Waals surface area contributed by atoms with Crippen molar-refractivity contribution >= 4 is 26.0 Å². The van der Waals surface area contributed by atoms with E-state index in [1.165, 1.54) is 0 Å². The van der Waals surface area contributed by atoms with Gasteiger partial charge in [0.25, 0.3) is 0 Å². The van der Waals surface area contributed by atoms with Crippen molar-refractivity contribution in [2.45, 2.75) is 19.6 Å². The van der Waals surface area contributed by atoms with E-state index in [1.807, 2.05) is 0 Å². The average molecular weight is 205 g/mol. The summed E-state index contributed by atoms with van der Waals surface area (Å²) in [5.41, 5.74) is 0. The zero-order valence-corrected chi connectivity index (χ0v) is 9.31. The van der Waals surface area contributed by atoms with Crippen LogP contribution in [0.3, 0.4) is 0 Å². The molecule has 0 heterocycles. The molecule has 8 heavy (non-hydrogen) atoms. The van der Waals surface area contributed by atoms with Crippen molar-refractivity contribution in [2.24, 2.45) is 0 Å². The molecule has 0 unspecified atom stereocenters. The first-order valence-electron chi connectivity index (χ1n) is 1.69.